The fraction of sp³-hybridized carbons (Fsp3) is 0. The Hall–Kier alpha value is -1.73. The van der Waals surface area contributed by atoms with E-state index in [4.69, 9.17) is 0 Å². The van der Waals surface area contributed by atoms with Crippen molar-refractivity contribution in [2.45, 2.75) is 0 Å². The van der Waals surface area contributed by atoms with Gasteiger partial charge in [-0.25, -0.2) is 8.42 Å². The molecule has 0 saturated heterocycles. The van der Waals surface area contributed by atoms with E-state index in [1.807, 2.05) is 0 Å². The molecule has 78 valence electrons. The van der Waals surface area contributed by atoms with Crippen molar-refractivity contribution in [3.8, 4) is 0 Å². The predicted molar refractivity (Wildman–Crippen MR) is 46.6 cm³/mol. The molecule has 7 heteroatoms. The molecular formula is C8H4NO5S-. The van der Waals surface area contributed by atoms with Crippen LogP contribution in [0.5, 0.6) is 0 Å². The number of carbonyl (C=O) groups excluding carboxylic acids is 2. The van der Waals surface area contributed by atoms with Gasteiger partial charge < -0.3 is 4.55 Å². The van der Waals surface area contributed by atoms with Crippen molar-refractivity contribution in [2.75, 3.05) is 0 Å². The minimum atomic E-state index is -5.08. The smallest absolute Gasteiger partial charge is 0.274 e. The first-order valence-electron chi connectivity index (χ1n) is 3.87. The van der Waals surface area contributed by atoms with E-state index in [9.17, 15) is 22.6 Å². The first kappa shape index (κ1) is 9.81. The summed E-state index contributed by atoms with van der Waals surface area (Å²) >= 11 is 0. The summed E-state index contributed by atoms with van der Waals surface area (Å²) in [4.78, 5) is 22.8. The summed E-state index contributed by atoms with van der Waals surface area (Å²) in [6.07, 6.45) is 0. The maximum absolute atomic E-state index is 11.4. The lowest BCUT2D eigenvalue weighted by Crippen LogP contribution is -2.35. The highest BCUT2D eigenvalue weighted by molar-refractivity contribution is 7.84. The molecule has 0 unspecified atom stereocenters. The van der Waals surface area contributed by atoms with Crippen LogP contribution in [0.2, 0.25) is 0 Å². The maximum atomic E-state index is 11.4. The van der Waals surface area contributed by atoms with Gasteiger partial charge in [0.2, 0.25) is 0 Å². The number of hydrogen-bond donors (Lipinski definition) is 0. The summed E-state index contributed by atoms with van der Waals surface area (Å²) in [6, 6.07) is 5.54. The second-order valence-corrected chi connectivity index (χ2v) is 4.10. The molecule has 1 aromatic carbocycles. The minimum Gasteiger partial charge on any atom is -0.730 e. The molecular weight excluding hydrogens is 222 g/mol. The van der Waals surface area contributed by atoms with E-state index in [0.29, 0.717) is 0 Å². The summed E-state index contributed by atoms with van der Waals surface area (Å²) in [5, 5.41) is 0. The zero-order chi connectivity index (χ0) is 11.2. The van der Waals surface area contributed by atoms with Gasteiger partial charge >= 0.3 is 0 Å². The number of fused-ring (bicyclic) bond motifs is 1. The van der Waals surface area contributed by atoms with Crippen molar-refractivity contribution in [2.24, 2.45) is 0 Å². The summed E-state index contributed by atoms with van der Waals surface area (Å²) in [5.74, 6) is -2.18. The second-order valence-electron chi connectivity index (χ2n) is 2.88. The Morgan fingerprint density at radius 2 is 1.40 bits per heavy atom. The van der Waals surface area contributed by atoms with Crippen molar-refractivity contribution in [1.29, 1.82) is 0 Å². The van der Waals surface area contributed by atoms with Crippen LogP contribution < -0.4 is 0 Å². The van der Waals surface area contributed by atoms with Gasteiger partial charge in [-0.05, 0) is 12.1 Å². The largest absolute Gasteiger partial charge is 0.730 e. The third-order valence-electron chi connectivity index (χ3n) is 1.98. The van der Waals surface area contributed by atoms with E-state index in [-0.39, 0.29) is 15.4 Å². The predicted octanol–water partition coefficient (Wildman–Crippen LogP) is -0.257. The third kappa shape index (κ3) is 1.32. The molecule has 6 nitrogen and oxygen atoms in total. The zero-order valence-electron chi connectivity index (χ0n) is 7.21. The molecule has 0 N–H and O–H groups in total. The Balaban J connectivity index is 2.66. The molecule has 15 heavy (non-hydrogen) atoms. The number of rotatable bonds is 1. The minimum absolute atomic E-state index is 0.0677. The Kier molecular flexibility index (Phi) is 1.88. The highest BCUT2D eigenvalue weighted by Gasteiger charge is 2.39. The molecule has 0 aliphatic carbocycles. The van der Waals surface area contributed by atoms with Crippen molar-refractivity contribution in [3.05, 3.63) is 35.4 Å². The van der Waals surface area contributed by atoms with Gasteiger partial charge in [0.05, 0.1) is 11.1 Å². The zero-order valence-corrected chi connectivity index (χ0v) is 8.02. The van der Waals surface area contributed by atoms with Crippen molar-refractivity contribution < 1.29 is 22.6 Å². The Morgan fingerprint density at radius 1 is 1.00 bits per heavy atom. The Bertz CT molecular complexity index is 527. The molecule has 1 aromatic rings. The highest BCUT2D eigenvalue weighted by atomic mass is 32.2. The van der Waals surface area contributed by atoms with Crippen LogP contribution in [0, 0.1) is 0 Å². The van der Waals surface area contributed by atoms with Gasteiger partial charge in [0.25, 0.3) is 11.8 Å². The molecule has 0 bridgehead atoms. The highest BCUT2D eigenvalue weighted by Crippen LogP contribution is 2.23. The van der Waals surface area contributed by atoms with E-state index in [1.165, 1.54) is 24.3 Å². The number of amides is 2. The van der Waals surface area contributed by atoms with E-state index < -0.39 is 22.1 Å². The topological polar surface area (TPSA) is 94.6 Å². The molecule has 2 amide bonds. The SMILES string of the molecule is O=C1c2ccccc2C(=O)N1S(=O)(=O)[O-]. The molecule has 1 aliphatic rings. The standard InChI is InChI=1S/C8H5NO5S/c10-7-5-3-1-2-4-6(5)8(11)9(7)15(12,13)14/h1-4H,(H,12,13,14)/p-1. The first-order chi connectivity index (χ1) is 6.93. The van der Waals surface area contributed by atoms with Crippen molar-refractivity contribution in [3.63, 3.8) is 0 Å². The fourth-order valence-electron chi connectivity index (χ4n) is 1.37. The number of imide groups is 1. The average Bonchev–Trinajstić information content (AvgIpc) is 2.39. The monoisotopic (exact) mass is 226 g/mol. The third-order valence-corrected chi connectivity index (χ3v) is 2.76. The van der Waals surface area contributed by atoms with Gasteiger partial charge in [-0.2, -0.15) is 4.31 Å². The van der Waals surface area contributed by atoms with Gasteiger partial charge in [-0.1, -0.05) is 12.1 Å². The number of hydrogen-bond acceptors (Lipinski definition) is 5. The number of carbonyl (C=O) groups is 2. The molecule has 1 aliphatic heterocycles. The molecule has 1 heterocycles. The molecule has 0 radical (unpaired) electrons. The molecule has 0 spiro atoms. The molecule has 0 saturated carbocycles. The van der Waals surface area contributed by atoms with Crippen LogP contribution in [0.15, 0.2) is 24.3 Å². The van der Waals surface area contributed by atoms with Crippen LogP contribution in [-0.2, 0) is 10.3 Å². The van der Waals surface area contributed by atoms with E-state index in [2.05, 4.69) is 0 Å². The van der Waals surface area contributed by atoms with Crippen molar-refractivity contribution in [1.82, 2.24) is 4.31 Å². The van der Waals surface area contributed by atoms with Crippen LogP contribution in [0.3, 0.4) is 0 Å². The molecule has 0 fully saturated rings. The van der Waals surface area contributed by atoms with Gasteiger partial charge in [0, 0.05) is 0 Å². The molecule has 2 rings (SSSR count). The average molecular weight is 226 g/mol. The number of nitrogens with zero attached hydrogens (tertiary/aromatic N) is 1. The van der Waals surface area contributed by atoms with Crippen LogP contribution >= 0.6 is 0 Å². The lowest BCUT2D eigenvalue weighted by atomic mass is 10.1. The summed E-state index contributed by atoms with van der Waals surface area (Å²) in [5.41, 5.74) is -0.135. The van der Waals surface area contributed by atoms with Crippen molar-refractivity contribution >= 4 is 22.1 Å². The van der Waals surface area contributed by atoms with E-state index >= 15 is 0 Å². The normalized spacial score (nSPS) is 15.7. The lowest BCUT2D eigenvalue weighted by molar-refractivity contribution is 0.0754. The van der Waals surface area contributed by atoms with Gasteiger partial charge in [0.15, 0.2) is 10.3 Å². The van der Waals surface area contributed by atoms with Crippen LogP contribution in [-0.4, -0.2) is 29.1 Å². The first-order valence-corrected chi connectivity index (χ1v) is 5.23. The van der Waals surface area contributed by atoms with Gasteiger partial charge in [0.1, 0.15) is 0 Å². The summed E-state index contributed by atoms with van der Waals surface area (Å²) < 4.78 is 31.7. The van der Waals surface area contributed by atoms with Crippen LogP contribution in [0.4, 0.5) is 0 Å². The van der Waals surface area contributed by atoms with E-state index in [0.717, 1.165) is 0 Å². The lowest BCUT2D eigenvalue weighted by Gasteiger charge is -2.16. The Morgan fingerprint density at radius 3 is 1.73 bits per heavy atom. The maximum Gasteiger partial charge on any atom is 0.274 e. The van der Waals surface area contributed by atoms with Gasteiger partial charge in [-0.3, -0.25) is 9.59 Å². The van der Waals surface area contributed by atoms with E-state index in [1.54, 1.807) is 0 Å². The quantitative estimate of drug-likeness (QED) is 0.485. The molecule has 0 atom stereocenters. The summed E-state index contributed by atoms with van der Waals surface area (Å²) in [7, 11) is -5.08. The Labute approximate surface area is 85.0 Å². The van der Waals surface area contributed by atoms with Crippen LogP contribution in [0.25, 0.3) is 0 Å². The van der Waals surface area contributed by atoms with Gasteiger partial charge in [-0.15, -0.1) is 0 Å². The summed E-state index contributed by atoms with van der Waals surface area (Å²) in [6.45, 7) is 0. The number of benzene rings is 1. The fourth-order valence-corrected chi connectivity index (χ4v) is 1.97. The molecule has 0 aromatic heterocycles. The second kappa shape index (κ2) is 2.88. The van der Waals surface area contributed by atoms with Crippen LogP contribution in [0.1, 0.15) is 20.7 Å².